The van der Waals surface area contributed by atoms with E-state index in [9.17, 15) is 9.59 Å². The second kappa shape index (κ2) is 6.86. The highest BCUT2D eigenvalue weighted by atomic mass is 79.9. The normalized spacial score (nSPS) is 15.2. The van der Waals surface area contributed by atoms with Gasteiger partial charge in [0, 0.05) is 0 Å². The lowest BCUT2D eigenvalue weighted by atomic mass is 10.0. The largest absolute Gasteiger partial charge is 0.497 e. The molecule has 0 radical (unpaired) electrons. The Morgan fingerprint density at radius 2 is 2.16 bits per heavy atom. The second-order valence-electron chi connectivity index (χ2n) is 6.06. The molecule has 0 bridgehead atoms. The molecule has 1 aliphatic carbocycles. The maximum Gasteiger partial charge on any atom is 0.231 e. The van der Waals surface area contributed by atoms with Crippen LogP contribution in [0.1, 0.15) is 23.3 Å². The Bertz CT molecular complexity index is 832. The van der Waals surface area contributed by atoms with Crippen molar-refractivity contribution in [3.8, 4) is 16.2 Å². The van der Waals surface area contributed by atoms with Gasteiger partial charge in [0.2, 0.25) is 11.7 Å². The molecule has 0 spiro atoms. The fourth-order valence-electron chi connectivity index (χ4n) is 2.91. The lowest BCUT2D eigenvalue weighted by Gasteiger charge is -2.25. The molecule has 132 valence electrons. The van der Waals surface area contributed by atoms with Gasteiger partial charge in [-0.25, -0.2) is 4.98 Å². The van der Waals surface area contributed by atoms with Crippen LogP contribution in [0.4, 0.5) is 0 Å². The Balaban J connectivity index is 1.98. The first-order chi connectivity index (χ1) is 11.9. The van der Waals surface area contributed by atoms with E-state index in [1.165, 1.54) is 11.3 Å². The van der Waals surface area contributed by atoms with E-state index in [1.54, 1.807) is 19.1 Å². The number of carbonyl (C=O) groups is 2. The molecule has 25 heavy (non-hydrogen) atoms. The summed E-state index contributed by atoms with van der Waals surface area (Å²) in [6.07, 6.45) is 1.39. The summed E-state index contributed by atoms with van der Waals surface area (Å²) in [4.78, 5) is 31.4. The second-order valence-corrected chi connectivity index (χ2v) is 8.33. The summed E-state index contributed by atoms with van der Waals surface area (Å²) in [5.74, 6) is 0.192. The van der Waals surface area contributed by atoms with Crippen molar-refractivity contribution in [2.75, 3.05) is 20.7 Å². The number of primary amides is 1. The number of aromatic nitrogens is 1. The average Bonchev–Trinajstić information content (AvgIpc) is 3.30. The number of carbonyl (C=O) groups excluding carboxylic acids is 2. The van der Waals surface area contributed by atoms with Crippen molar-refractivity contribution in [3.05, 3.63) is 33.9 Å². The Labute approximate surface area is 158 Å². The molecule has 1 aromatic heterocycles. The van der Waals surface area contributed by atoms with Gasteiger partial charge in [-0.3, -0.25) is 14.5 Å². The van der Waals surface area contributed by atoms with Gasteiger partial charge < -0.3 is 10.5 Å². The fourth-order valence-corrected chi connectivity index (χ4v) is 4.36. The minimum absolute atomic E-state index is 0.0472. The average molecular weight is 424 g/mol. The molecule has 1 saturated carbocycles. The van der Waals surface area contributed by atoms with Crippen LogP contribution in [0.2, 0.25) is 0 Å². The maximum absolute atomic E-state index is 13.2. The number of ketones is 1. The Morgan fingerprint density at radius 3 is 2.76 bits per heavy atom. The van der Waals surface area contributed by atoms with E-state index in [0.717, 1.165) is 10.4 Å². The van der Waals surface area contributed by atoms with Crippen molar-refractivity contribution >= 4 is 39.0 Å². The van der Waals surface area contributed by atoms with E-state index in [0.29, 0.717) is 28.2 Å². The minimum Gasteiger partial charge on any atom is -0.497 e. The SMILES string of the molecule is COc1cccc(-c2sc(Br)nc2C(=O)C2(N(C)CC(N)=O)CC2)c1. The lowest BCUT2D eigenvalue weighted by molar-refractivity contribution is -0.119. The first-order valence-electron chi connectivity index (χ1n) is 7.72. The van der Waals surface area contributed by atoms with E-state index in [-0.39, 0.29) is 12.3 Å². The van der Waals surface area contributed by atoms with Crippen molar-refractivity contribution in [3.63, 3.8) is 0 Å². The Morgan fingerprint density at radius 1 is 1.44 bits per heavy atom. The first-order valence-corrected chi connectivity index (χ1v) is 9.33. The summed E-state index contributed by atoms with van der Waals surface area (Å²) < 4.78 is 5.91. The number of hydrogen-bond donors (Lipinski definition) is 1. The van der Waals surface area contributed by atoms with Crippen LogP contribution >= 0.6 is 27.3 Å². The predicted molar refractivity (Wildman–Crippen MR) is 99.9 cm³/mol. The number of rotatable bonds is 7. The Hall–Kier alpha value is -1.77. The molecule has 2 N–H and O–H groups in total. The van der Waals surface area contributed by atoms with E-state index in [4.69, 9.17) is 10.5 Å². The highest BCUT2D eigenvalue weighted by Gasteiger charge is 2.54. The van der Waals surface area contributed by atoms with Crippen molar-refractivity contribution < 1.29 is 14.3 Å². The van der Waals surface area contributed by atoms with Crippen molar-refractivity contribution in [2.45, 2.75) is 18.4 Å². The number of halogens is 1. The van der Waals surface area contributed by atoms with Crippen LogP contribution in [0.25, 0.3) is 10.4 Å². The van der Waals surface area contributed by atoms with Crippen molar-refractivity contribution in [1.82, 2.24) is 9.88 Å². The van der Waals surface area contributed by atoms with Crippen molar-refractivity contribution in [1.29, 1.82) is 0 Å². The van der Waals surface area contributed by atoms with Crippen LogP contribution < -0.4 is 10.5 Å². The molecule has 6 nitrogen and oxygen atoms in total. The Kier molecular flexibility index (Phi) is 4.95. The maximum atomic E-state index is 13.2. The van der Waals surface area contributed by atoms with Gasteiger partial charge in [-0.2, -0.15) is 0 Å². The molecular weight excluding hydrogens is 406 g/mol. The molecule has 1 aromatic carbocycles. The van der Waals surface area contributed by atoms with Crippen LogP contribution in [0.3, 0.4) is 0 Å². The van der Waals surface area contributed by atoms with Gasteiger partial charge in [-0.05, 0) is 53.5 Å². The first kappa shape index (κ1) is 18.0. The van der Waals surface area contributed by atoms with Crippen LogP contribution in [0.15, 0.2) is 28.2 Å². The molecule has 3 rings (SSSR count). The smallest absolute Gasteiger partial charge is 0.231 e. The van der Waals surface area contributed by atoms with Gasteiger partial charge in [0.25, 0.3) is 0 Å². The number of ether oxygens (including phenoxy) is 1. The molecule has 0 atom stereocenters. The molecular formula is C17H18BrN3O3S. The molecule has 0 aliphatic heterocycles. The van der Waals surface area contributed by atoms with Gasteiger partial charge in [0.05, 0.1) is 24.1 Å². The zero-order valence-corrected chi connectivity index (χ0v) is 16.3. The summed E-state index contributed by atoms with van der Waals surface area (Å²) in [6.45, 7) is 0.0472. The number of benzene rings is 1. The van der Waals surface area contributed by atoms with Crippen LogP contribution in [-0.2, 0) is 4.79 Å². The number of nitrogens with zero attached hydrogens (tertiary/aromatic N) is 2. The molecule has 2 aromatic rings. The molecule has 1 aliphatic rings. The summed E-state index contributed by atoms with van der Waals surface area (Å²) in [6, 6.07) is 7.53. The molecule has 1 heterocycles. The standard InChI is InChI=1S/C17H18BrN3O3S/c1-21(9-12(19)22)17(6-7-17)15(23)13-14(25-16(18)20-13)10-4-3-5-11(8-10)24-2/h3-5,8H,6-7,9H2,1-2H3,(H2,19,22). The number of thiazole rings is 1. The quantitative estimate of drug-likeness (QED) is 0.691. The summed E-state index contributed by atoms with van der Waals surface area (Å²) in [5.41, 5.74) is 5.89. The number of Topliss-reactive ketones (excluding diaryl/α,β-unsaturated/α-hetero) is 1. The van der Waals surface area contributed by atoms with E-state index >= 15 is 0 Å². The predicted octanol–water partition coefficient (Wildman–Crippen LogP) is 2.71. The van der Waals surface area contributed by atoms with Crippen LogP contribution in [0, 0.1) is 0 Å². The number of amides is 1. The monoisotopic (exact) mass is 423 g/mol. The van der Waals surface area contributed by atoms with Gasteiger partial charge in [0.1, 0.15) is 11.4 Å². The lowest BCUT2D eigenvalue weighted by Crippen LogP contribution is -2.45. The zero-order valence-electron chi connectivity index (χ0n) is 13.9. The van der Waals surface area contributed by atoms with E-state index in [1.807, 2.05) is 24.3 Å². The third-order valence-corrected chi connectivity index (χ3v) is 5.97. The van der Waals surface area contributed by atoms with Gasteiger partial charge >= 0.3 is 0 Å². The fraction of sp³-hybridized carbons (Fsp3) is 0.353. The van der Waals surface area contributed by atoms with Crippen LogP contribution in [-0.4, -0.2) is 47.8 Å². The molecule has 0 saturated heterocycles. The third-order valence-electron chi connectivity index (χ3n) is 4.42. The van der Waals surface area contributed by atoms with E-state index < -0.39 is 11.4 Å². The van der Waals surface area contributed by atoms with Crippen LogP contribution in [0.5, 0.6) is 5.75 Å². The summed E-state index contributed by atoms with van der Waals surface area (Å²) in [7, 11) is 3.36. The molecule has 1 fully saturated rings. The zero-order chi connectivity index (χ0) is 18.2. The number of nitrogens with two attached hydrogens (primary N) is 1. The molecule has 8 heteroatoms. The third kappa shape index (κ3) is 3.47. The van der Waals surface area contributed by atoms with Crippen molar-refractivity contribution in [2.24, 2.45) is 5.73 Å². The highest BCUT2D eigenvalue weighted by molar-refractivity contribution is 9.11. The topological polar surface area (TPSA) is 85.5 Å². The number of likely N-dealkylation sites (N-methyl/N-ethyl adjacent to an activating group) is 1. The summed E-state index contributed by atoms with van der Waals surface area (Å²) >= 11 is 4.79. The van der Waals surface area contributed by atoms with Gasteiger partial charge in [-0.1, -0.05) is 12.1 Å². The number of methoxy groups -OCH3 is 1. The molecule has 0 unspecified atom stereocenters. The summed E-state index contributed by atoms with van der Waals surface area (Å²) in [5, 5.41) is 0. The highest BCUT2D eigenvalue weighted by Crippen LogP contribution is 2.46. The molecule has 1 amide bonds. The van der Waals surface area contributed by atoms with E-state index in [2.05, 4.69) is 20.9 Å². The minimum atomic E-state index is -0.684. The number of hydrogen-bond acceptors (Lipinski definition) is 6. The van der Waals surface area contributed by atoms with Gasteiger partial charge in [-0.15, -0.1) is 11.3 Å². The van der Waals surface area contributed by atoms with Gasteiger partial charge in [0.15, 0.2) is 3.92 Å².